The molecule has 1 heterocycles. The van der Waals surface area contributed by atoms with Gasteiger partial charge in [-0.3, -0.25) is 19.3 Å². The summed E-state index contributed by atoms with van der Waals surface area (Å²) in [6.07, 6.45) is 1.79. The van der Waals surface area contributed by atoms with Gasteiger partial charge in [0, 0.05) is 6.54 Å². The molecule has 0 unspecified atom stereocenters. The minimum atomic E-state index is -1.05. The summed E-state index contributed by atoms with van der Waals surface area (Å²) in [6, 6.07) is 6.22. The molecule has 1 atom stereocenters. The van der Waals surface area contributed by atoms with E-state index in [-0.39, 0.29) is 18.9 Å². The molecular weight excluding hydrogens is 386 g/mol. The van der Waals surface area contributed by atoms with Crippen molar-refractivity contribution in [2.45, 2.75) is 50.7 Å². The Labute approximate surface area is 167 Å². The standard InChI is InChI=1S/C19H22ClN3O5/c1-12(16(25)21-14-7-3-2-6-13(14)20)28-15(24)8-11-23-17(26)19(22-18(23)27)9-4-5-10-19/h2-3,6-7,12H,4-5,8-11H2,1H3,(H,21,25)(H,22,27)/t12-/m1/s1. The van der Waals surface area contributed by atoms with Crippen LogP contribution < -0.4 is 10.6 Å². The molecule has 0 bridgehead atoms. The number of nitrogens with zero attached hydrogens (tertiary/aromatic N) is 1. The Kier molecular flexibility index (Phi) is 5.88. The number of imide groups is 1. The predicted octanol–water partition coefficient (Wildman–Crippen LogP) is 2.46. The highest BCUT2D eigenvalue weighted by Gasteiger charge is 2.52. The second kappa shape index (κ2) is 8.18. The van der Waals surface area contributed by atoms with E-state index >= 15 is 0 Å². The highest BCUT2D eigenvalue weighted by molar-refractivity contribution is 6.33. The number of urea groups is 1. The number of carbonyl (C=O) groups is 4. The van der Waals surface area contributed by atoms with E-state index in [2.05, 4.69) is 10.6 Å². The number of hydrogen-bond acceptors (Lipinski definition) is 5. The fourth-order valence-electron chi connectivity index (χ4n) is 3.51. The van der Waals surface area contributed by atoms with E-state index in [9.17, 15) is 19.2 Å². The Morgan fingerprint density at radius 2 is 1.96 bits per heavy atom. The first-order valence-electron chi connectivity index (χ1n) is 9.21. The third kappa shape index (κ3) is 4.11. The van der Waals surface area contributed by atoms with E-state index in [1.54, 1.807) is 24.3 Å². The van der Waals surface area contributed by atoms with E-state index < -0.39 is 29.6 Å². The quantitative estimate of drug-likeness (QED) is 0.556. The van der Waals surface area contributed by atoms with Crippen LogP contribution in [0.25, 0.3) is 0 Å². The average Bonchev–Trinajstić information content (AvgIpc) is 3.21. The molecule has 4 amide bonds. The van der Waals surface area contributed by atoms with Gasteiger partial charge in [-0.1, -0.05) is 36.6 Å². The van der Waals surface area contributed by atoms with Crippen LogP contribution >= 0.6 is 11.6 Å². The van der Waals surface area contributed by atoms with Crippen LogP contribution in [0.1, 0.15) is 39.0 Å². The van der Waals surface area contributed by atoms with Crippen LogP contribution in [0.3, 0.4) is 0 Å². The maximum absolute atomic E-state index is 12.5. The molecule has 0 aromatic heterocycles. The third-order valence-corrected chi connectivity index (χ3v) is 5.38. The number of rotatable bonds is 6. The molecule has 2 fully saturated rings. The number of anilines is 1. The molecular formula is C19H22ClN3O5. The van der Waals surface area contributed by atoms with Gasteiger partial charge in [0.15, 0.2) is 6.10 Å². The summed E-state index contributed by atoms with van der Waals surface area (Å²) in [4.78, 5) is 49.9. The number of hydrogen-bond donors (Lipinski definition) is 2. The Morgan fingerprint density at radius 3 is 2.64 bits per heavy atom. The second-order valence-electron chi connectivity index (χ2n) is 7.03. The van der Waals surface area contributed by atoms with Crippen LogP contribution in [-0.4, -0.2) is 46.9 Å². The van der Waals surface area contributed by atoms with Gasteiger partial charge in [0.25, 0.3) is 11.8 Å². The van der Waals surface area contributed by atoms with Gasteiger partial charge in [-0.15, -0.1) is 0 Å². The molecule has 1 aliphatic heterocycles. The van der Waals surface area contributed by atoms with Gasteiger partial charge in [-0.05, 0) is 31.9 Å². The number of carbonyl (C=O) groups excluding carboxylic acids is 4. The lowest BCUT2D eigenvalue weighted by molar-refractivity contribution is -0.153. The largest absolute Gasteiger partial charge is 0.452 e. The minimum Gasteiger partial charge on any atom is -0.452 e. The summed E-state index contributed by atoms with van der Waals surface area (Å²) < 4.78 is 5.11. The van der Waals surface area contributed by atoms with Gasteiger partial charge in [0.05, 0.1) is 17.1 Å². The molecule has 1 aromatic rings. The highest BCUT2D eigenvalue weighted by Crippen LogP contribution is 2.35. The van der Waals surface area contributed by atoms with E-state index in [1.165, 1.54) is 6.92 Å². The van der Waals surface area contributed by atoms with Crippen molar-refractivity contribution in [3.63, 3.8) is 0 Å². The lowest BCUT2D eigenvalue weighted by atomic mass is 9.98. The zero-order chi connectivity index (χ0) is 20.3. The topological polar surface area (TPSA) is 105 Å². The number of para-hydroxylation sites is 1. The Balaban J connectivity index is 1.49. The Bertz CT molecular complexity index is 807. The summed E-state index contributed by atoms with van der Waals surface area (Å²) >= 11 is 5.98. The Morgan fingerprint density at radius 1 is 1.29 bits per heavy atom. The maximum atomic E-state index is 12.5. The van der Waals surface area contributed by atoms with Crippen LogP contribution in [0.4, 0.5) is 10.5 Å². The number of halogens is 1. The molecule has 8 nitrogen and oxygen atoms in total. The first-order chi connectivity index (χ1) is 13.3. The van der Waals surface area contributed by atoms with Gasteiger partial charge in [-0.25, -0.2) is 4.79 Å². The fourth-order valence-corrected chi connectivity index (χ4v) is 3.69. The summed E-state index contributed by atoms with van der Waals surface area (Å²) in [5.74, 6) is -1.48. The summed E-state index contributed by atoms with van der Waals surface area (Å²) in [7, 11) is 0. The monoisotopic (exact) mass is 407 g/mol. The molecule has 1 saturated heterocycles. The summed E-state index contributed by atoms with van der Waals surface area (Å²) in [5, 5.41) is 5.71. The SMILES string of the molecule is C[C@@H](OC(=O)CCN1C(=O)NC2(CCCC2)C1=O)C(=O)Nc1ccccc1Cl. The van der Waals surface area contributed by atoms with Gasteiger partial charge >= 0.3 is 12.0 Å². The van der Waals surface area contributed by atoms with Crippen molar-refractivity contribution >= 4 is 41.1 Å². The van der Waals surface area contributed by atoms with Crippen molar-refractivity contribution < 1.29 is 23.9 Å². The van der Waals surface area contributed by atoms with E-state index in [0.29, 0.717) is 23.6 Å². The van der Waals surface area contributed by atoms with E-state index in [4.69, 9.17) is 16.3 Å². The van der Waals surface area contributed by atoms with Gasteiger partial charge in [0.2, 0.25) is 0 Å². The minimum absolute atomic E-state index is 0.0793. The molecule has 1 aromatic carbocycles. The van der Waals surface area contributed by atoms with E-state index in [1.807, 2.05) is 0 Å². The van der Waals surface area contributed by atoms with Crippen LogP contribution in [0.5, 0.6) is 0 Å². The number of esters is 1. The highest BCUT2D eigenvalue weighted by atomic mass is 35.5. The molecule has 1 spiro atoms. The molecule has 150 valence electrons. The van der Waals surface area contributed by atoms with Crippen LogP contribution in [0, 0.1) is 0 Å². The summed E-state index contributed by atoms with van der Waals surface area (Å²) in [6.45, 7) is 1.36. The number of ether oxygens (including phenoxy) is 1. The van der Waals surface area contributed by atoms with Crippen LogP contribution in [0.15, 0.2) is 24.3 Å². The van der Waals surface area contributed by atoms with Crippen molar-refractivity contribution in [2.24, 2.45) is 0 Å². The molecule has 0 radical (unpaired) electrons. The molecule has 28 heavy (non-hydrogen) atoms. The van der Waals surface area contributed by atoms with Gasteiger partial charge in [-0.2, -0.15) is 0 Å². The van der Waals surface area contributed by atoms with Crippen molar-refractivity contribution in [3.8, 4) is 0 Å². The zero-order valence-corrected chi connectivity index (χ0v) is 16.3. The smallest absolute Gasteiger partial charge is 0.325 e. The molecule has 2 aliphatic rings. The number of amides is 4. The third-order valence-electron chi connectivity index (χ3n) is 5.05. The normalized spacial score (nSPS) is 18.9. The second-order valence-corrected chi connectivity index (χ2v) is 7.43. The zero-order valence-electron chi connectivity index (χ0n) is 15.5. The summed E-state index contributed by atoms with van der Waals surface area (Å²) in [5.41, 5.74) is -0.387. The first-order valence-corrected chi connectivity index (χ1v) is 9.59. The molecule has 9 heteroatoms. The van der Waals surface area contributed by atoms with Crippen molar-refractivity contribution in [1.82, 2.24) is 10.2 Å². The first kappa shape index (κ1) is 20.1. The van der Waals surface area contributed by atoms with Crippen LogP contribution in [-0.2, 0) is 19.1 Å². The molecule has 1 aliphatic carbocycles. The molecule has 2 N–H and O–H groups in total. The lowest BCUT2D eigenvalue weighted by Gasteiger charge is -2.20. The van der Waals surface area contributed by atoms with Crippen molar-refractivity contribution in [2.75, 3.05) is 11.9 Å². The van der Waals surface area contributed by atoms with Crippen molar-refractivity contribution in [3.05, 3.63) is 29.3 Å². The lowest BCUT2D eigenvalue weighted by Crippen LogP contribution is -2.44. The number of benzene rings is 1. The average molecular weight is 408 g/mol. The van der Waals surface area contributed by atoms with Gasteiger partial charge in [0.1, 0.15) is 5.54 Å². The molecule has 3 rings (SSSR count). The number of nitrogens with one attached hydrogen (secondary N) is 2. The maximum Gasteiger partial charge on any atom is 0.325 e. The molecule has 1 saturated carbocycles. The van der Waals surface area contributed by atoms with Crippen LogP contribution in [0.2, 0.25) is 5.02 Å². The Hall–Kier alpha value is -2.61. The van der Waals surface area contributed by atoms with Gasteiger partial charge < -0.3 is 15.4 Å². The fraction of sp³-hybridized carbons (Fsp3) is 0.474. The van der Waals surface area contributed by atoms with Crippen molar-refractivity contribution in [1.29, 1.82) is 0 Å². The predicted molar refractivity (Wildman–Crippen MR) is 102 cm³/mol. The van der Waals surface area contributed by atoms with E-state index in [0.717, 1.165) is 17.7 Å².